The summed E-state index contributed by atoms with van der Waals surface area (Å²) in [6.07, 6.45) is 1.52. The topological polar surface area (TPSA) is 110 Å². The quantitative estimate of drug-likeness (QED) is 0.331. The molecule has 32 heavy (non-hydrogen) atoms. The number of aromatic nitrogens is 4. The molecule has 0 bridgehead atoms. The number of thioether (sulfide) groups is 1. The van der Waals surface area contributed by atoms with Gasteiger partial charge in [0, 0.05) is 6.54 Å². The van der Waals surface area contributed by atoms with Crippen molar-refractivity contribution in [3.05, 3.63) is 83.2 Å². The number of fused-ring (bicyclic) bond motifs is 3. The molecule has 162 valence electrons. The number of hydrogen-bond acceptors (Lipinski definition) is 6. The fourth-order valence-corrected chi connectivity index (χ4v) is 3.98. The fraction of sp³-hybridized carbons (Fsp3) is 0.136. The summed E-state index contributed by atoms with van der Waals surface area (Å²) in [5.41, 5.74) is 1.43. The highest BCUT2D eigenvalue weighted by molar-refractivity contribution is 7.99. The molecule has 10 heteroatoms. The normalized spacial score (nSPS) is 10.9. The van der Waals surface area contributed by atoms with Crippen LogP contribution in [0.5, 0.6) is 0 Å². The largest absolute Gasteiger partial charge is 0.334 e. The van der Waals surface area contributed by atoms with Crippen LogP contribution in [0.3, 0.4) is 0 Å². The lowest BCUT2D eigenvalue weighted by atomic mass is 10.2. The number of carbonyl (C=O) groups is 2. The molecule has 0 atom stereocenters. The van der Waals surface area contributed by atoms with E-state index in [9.17, 15) is 14.4 Å². The average Bonchev–Trinajstić information content (AvgIpc) is 3.24. The number of amides is 3. The zero-order valence-corrected chi connectivity index (χ0v) is 17.8. The Balaban J connectivity index is 1.68. The third-order valence-electron chi connectivity index (χ3n) is 4.65. The van der Waals surface area contributed by atoms with E-state index >= 15 is 0 Å². The summed E-state index contributed by atoms with van der Waals surface area (Å²) in [7, 11) is 0. The highest BCUT2D eigenvalue weighted by atomic mass is 32.2. The maximum atomic E-state index is 13.2. The van der Waals surface area contributed by atoms with Crippen LogP contribution in [-0.4, -0.2) is 43.4 Å². The molecule has 2 heterocycles. The van der Waals surface area contributed by atoms with Gasteiger partial charge in [-0.15, -0.1) is 16.8 Å². The van der Waals surface area contributed by atoms with Crippen LogP contribution in [0.4, 0.5) is 4.79 Å². The van der Waals surface area contributed by atoms with E-state index in [2.05, 4.69) is 27.4 Å². The van der Waals surface area contributed by atoms with Crippen LogP contribution in [0.1, 0.15) is 5.56 Å². The van der Waals surface area contributed by atoms with Crippen LogP contribution in [-0.2, 0) is 11.3 Å². The predicted octanol–water partition coefficient (Wildman–Crippen LogP) is 2.20. The van der Waals surface area contributed by atoms with Gasteiger partial charge in [-0.2, -0.15) is 0 Å². The van der Waals surface area contributed by atoms with Gasteiger partial charge in [-0.3, -0.25) is 23.9 Å². The van der Waals surface area contributed by atoms with Gasteiger partial charge >= 0.3 is 6.03 Å². The molecule has 3 amide bonds. The van der Waals surface area contributed by atoms with Gasteiger partial charge in [-0.1, -0.05) is 60.3 Å². The molecule has 2 N–H and O–H groups in total. The van der Waals surface area contributed by atoms with Crippen molar-refractivity contribution in [3.63, 3.8) is 0 Å². The number of benzene rings is 2. The van der Waals surface area contributed by atoms with Crippen molar-refractivity contribution in [1.29, 1.82) is 0 Å². The number of hydrogen-bond donors (Lipinski definition) is 2. The summed E-state index contributed by atoms with van der Waals surface area (Å²) in [6, 6.07) is 16.2. The first-order chi connectivity index (χ1) is 15.6. The molecule has 9 nitrogen and oxygen atoms in total. The van der Waals surface area contributed by atoms with Gasteiger partial charge < -0.3 is 5.32 Å². The van der Waals surface area contributed by atoms with E-state index in [1.165, 1.54) is 6.08 Å². The van der Waals surface area contributed by atoms with Gasteiger partial charge in [0.2, 0.25) is 11.7 Å². The number of carbonyl (C=O) groups excluding carboxylic acids is 2. The molecule has 4 aromatic rings. The molecule has 0 aliphatic rings. The summed E-state index contributed by atoms with van der Waals surface area (Å²) < 4.78 is 3.33. The molecular formula is C22H20N6O3S. The van der Waals surface area contributed by atoms with Crippen molar-refractivity contribution in [2.45, 2.75) is 11.7 Å². The molecule has 0 aliphatic carbocycles. The maximum Gasteiger partial charge on any atom is 0.321 e. The number of para-hydroxylation sites is 1. The Hall–Kier alpha value is -3.92. The lowest BCUT2D eigenvalue weighted by Gasteiger charge is -2.11. The number of imide groups is 1. The van der Waals surface area contributed by atoms with Crippen LogP contribution in [0.2, 0.25) is 0 Å². The highest BCUT2D eigenvalue weighted by Crippen LogP contribution is 2.22. The van der Waals surface area contributed by atoms with E-state index < -0.39 is 11.9 Å². The Kier molecular flexibility index (Phi) is 6.31. The maximum absolute atomic E-state index is 13.2. The number of nitrogens with one attached hydrogen (secondary N) is 2. The van der Waals surface area contributed by atoms with Gasteiger partial charge in [-0.25, -0.2) is 4.79 Å². The van der Waals surface area contributed by atoms with Crippen molar-refractivity contribution in [1.82, 2.24) is 29.8 Å². The summed E-state index contributed by atoms with van der Waals surface area (Å²) in [5, 5.41) is 14.1. The SMILES string of the molecule is C=CCNC(=O)NC(=O)CSc1nnc2n(Cc3ccccc3)c(=O)c3ccccc3n12. The van der Waals surface area contributed by atoms with Gasteiger partial charge in [-0.05, 0) is 17.7 Å². The molecule has 0 saturated heterocycles. The molecule has 2 aromatic heterocycles. The lowest BCUT2D eigenvalue weighted by molar-refractivity contribution is -0.117. The second kappa shape index (κ2) is 9.48. The molecule has 0 fully saturated rings. The summed E-state index contributed by atoms with van der Waals surface area (Å²) in [4.78, 5) is 37.0. The Bertz CT molecular complexity index is 1360. The molecular weight excluding hydrogens is 428 g/mol. The van der Waals surface area contributed by atoms with Crippen LogP contribution < -0.4 is 16.2 Å². The van der Waals surface area contributed by atoms with Gasteiger partial charge in [0.1, 0.15) is 0 Å². The third kappa shape index (κ3) is 4.40. The second-order valence-corrected chi connectivity index (χ2v) is 7.79. The van der Waals surface area contributed by atoms with Crippen LogP contribution in [0.25, 0.3) is 16.7 Å². The van der Waals surface area contributed by atoms with E-state index in [4.69, 9.17) is 0 Å². The van der Waals surface area contributed by atoms with E-state index in [0.29, 0.717) is 28.4 Å². The van der Waals surface area contributed by atoms with Crippen LogP contribution in [0.15, 0.2) is 77.2 Å². The van der Waals surface area contributed by atoms with Gasteiger partial charge in [0.05, 0.1) is 23.2 Å². The minimum Gasteiger partial charge on any atom is -0.334 e. The Labute approximate surface area is 187 Å². The zero-order chi connectivity index (χ0) is 22.5. The van der Waals surface area contributed by atoms with Gasteiger partial charge in [0.15, 0.2) is 5.16 Å². The monoisotopic (exact) mass is 448 g/mol. The minimum atomic E-state index is -0.594. The van der Waals surface area contributed by atoms with Crippen LogP contribution >= 0.6 is 11.8 Å². The first-order valence-corrected chi connectivity index (χ1v) is 10.8. The van der Waals surface area contributed by atoms with E-state index in [0.717, 1.165) is 17.3 Å². The van der Waals surface area contributed by atoms with Crippen molar-refractivity contribution in [2.75, 3.05) is 12.3 Å². The van der Waals surface area contributed by atoms with Crippen molar-refractivity contribution in [2.24, 2.45) is 0 Å². The number of rotatable bonds is 7. The lowest BCUT2D eigenvalue weighted by Crippen LogP contribution is -2.40. The van der Waals surface area contributed by atoms with Gasteiger partial charge in [0.25, 0.3) is 5.56 Å². The van der Waals surface area contributed by atoms with Crippen LogP contribution in [0, 0.1) is 0 Å². The Morgan fingerprint density at radius 1 is 1.06 bits per heavy atom. The average molecular weight is 449 g/mol. The smallest absolute Gasteiger partial charge is 0.321 e. The molecule has 0 aliphatic heterocycles. The zero-order valence-electron chi connectivity index (χ0n) is 17.0. The summed E-state index contributed by atoms with van der Waals surface area (Å²) in [5.74, 6) is -0.145. The Morgan fingerprint density at radius 2 is 1.81 bits per heavy atom. The van der Waals surface area contributed by atoms with E-state index in [-0.39, 0.29) is 17.9 Å². The molecule has 0 unspecified atom stereocenters. The number of urea groups is 1. The van der Waals surface area contributed by atoms with Crippen molar-refractivity contribution < 1.29 is 9.59 Å². The predicted molar refractivity (Wildman–Crippen MR) is 123 cm³/mol. The molecule has 0 spiro atoms. The van der Waals surface area contributed by atoms with Crippen molar-refractivity contribution in [3.8, 4) is 0 Å². The third-order valence-corrected chi connectivity index (χ3v) is 5.58. The number of nitrogens with zero attached hydrogens (tertiary/aromatic N) is 4. The minimum absolute atomic E-state index is 0.0472. The van der Waals surface area contributed by atoms with E-state index in [1.807, 2.05) is 42.5 Å². The highest BCUT2D eigenvalue weighted by Gasteiger charge is 2.18. The van der Waals surface area contributed by atoms with E-state index in [1.54, 1.807) is 21.1 Å². The molecule has 0 radical (unpaired) electrons. The Morgan fingerprint density at radius 3 is 2.59 bits per heavy atom. The molecule has 4 rings (SSSR count). The molecule has 2 aromatic carbocycles. The fourth-order valence-electron chi connectivity index (χ4n) is 3.24. The standard InChI is InChI=1S/C22H20N6O3S/c1-2-12-23-20(31)24-18(29)14-32-22-26-25-21-27(13-15-8-4-3-5-9-15)19(30)16-10-6-7-11-17(16)28(21)22/h2-11H,1,12-14H2,(H2,23,24,29,31). The van der Waals surface area contributed by atoms with Crippen molar-refractivity contribution >= 4 is 40.4 Å². The second-order valence-electron chi connectivity index (χ2n) is 6.85. The first kappa shape index (κ1) is 21.3. The first-order valence-electron chi connectivity index (χ1n) is 9.80. The molecule has 0 saturated carbocycles. The summed E-state index contributed by atoms with van der Waals surface area (Å²) >= 11 is 1.13. The summed E-state index contributed by atoms with van der Waals surface area (Å²) in [6.45, 7) is 4.09.